The molecule has 0 aromatic carbocycles. The maximum Gasteiger partial charge on any atom is 0.0762 e. The molecule has 0 amide bonds. The van der Waals surface area contributed by atoms with Crippen molar-refractivity contribution in [3.8, 4) is 0 Å². The third kappa shape index (κ3) is 3.65. The molecule has 4 aliphatic rings. The molecular formula is C27H46O2. The highest BCUT2D eigenvalue weighted by Gasteiger charge is 2.59. The molecule has 3 saturated carbocycles. The van der Waals surface area contributed by atoms with E-state index in [0.717, 1.165) is 24.7 Å². The van der Waals surface area contributed by atoms with Gasteiger partial charge in [0.2, 0.25) is 0 Å². The maximum atomic E-state index is 11.2. The largest absolute Gasteiger partial charge is 0.393 e. The van der Waals surface area contributed by atoms with Gasteiger partial charge in [0.05, 0.1) is 12.2 Å². The van der Waals surface area contributed by atoms with Gasteiger partial charge in [0.1, 0.15) is 0 Å². The van der Waals surface area contributed by atoms with E-state index in [1.807, 2.05) is 0 Å². The molecule has 0 bridgehead atoms. The molecule has 4 rings (SSSR count). The highest BCUT2D eigenvalue weighted by atomic mass is 16.3. The van der Waals surface area contributed by atoms with Crippen LogP contribution in [-0.4, -0.2) is 22.4 Å². The van der Waals surface area contributed by atoms with Crippen molar-refractivity contribution in [3.05, 3.63) is 11.6 Å². The summed E-state index contributed by atoms with van der Waals surface area (Å²) in [6.45, 7) is 12.1. The SMILES string of the molecule is CC(C)CCCC(C)[C@H]1[C@H](O)C=C2C3CC[C@H]4C[C@@H](O)CC[C@]4(C)C3CC[C@@]21C. The van der Waals surface area contributed by atoms with Crippen molar-refractivity contribution in [1.29, 1.82) is 0 Å². The van der Waals surface area contributed by atoms with Crippen LogP contribution in [0, 0.1) is 46.3 Å². The van der Waals surface area contributed by atoms with Crippen LogP contribution in [0.5, 0.6) is 0 Å². The average molecular weight is 403 g/mol. The average Bonchev–Trinajstić information content (AvgIpc) is 2.92. The molecule has 0 aromatic rings. The number of rotatable bonds is 5. The third-order valence-corrected chi connectivity index (χ3v) is 10.2. The summed E-state index contributed by atoms with van der Waals surface area (Å²) in [6, 6.07) is 0. The molecule has 0 aliphatic heterocycles. The molecule has 4 aliphatic carbocycles. The predicted octanol–water partition coefficient (Wildman–Crippen LogP) is 6.36. The lowest BCUT2D eigenvalue weighted by atomic mass is 9.45. The Kier molecular flexibility index (Phi) is 6.01. The van der Waals surface area contributed by atoms with Gasteiger partial charge in [0.25, 0.3) is 0 Å². The van der Waals surface area contributed by atoms with E-state index < -0.39 is 0 Å². The van der Waals surface area contributed by atoms with Crippen molar-refractivity contribution in [2.45, 2.75) is 111 Å². The number of aliphatic hydroxyl groups is 2. The lowest BCUT2D eigenvalue weighted by molar-refractivity contribution is -0.0887. The number of aliphatic hydroxyl groups excluding tert-OH is 2. The Labute approximate surface area is 179 Å². The Balaban J connectivity index is 1.52. The van der Waals surface area contributed by atoms with Crippen molar-refractivity contribution in [3.63, 3.8) is 0 Å². The lowest BCUT2D eigenvalue weighted by Gasteiger charge is -2.59. The van der Waals surface area contributed by atoms with Gasteiger partial charge < -0.3 is 10.2 Å². The Morgan fingerprint density at radius 3 is 2.48 bits per heavy atom. The van der Waals surface area contributed by atoms with Crippen LogP contribution in [0.25, 0.3) is 0 Å². The van der Waals surface area contributed by atoms with E-state index in [-0.39, 0.29) is 17.6 Å². The summed E-state index contributed by atoms with van der Waals surface area (Å²) >= 11 is 0. The zero-order chi connectivity index (χ0) is 21.0. The van der Waals surface area contributed by atoms with Crippen LogP contribution in [0.1, 0.15) is 98.8 Å². The molecule has 29 heavy (non-hydrogen) atoms. The Morgan fingerprint density at radius 1 is 1.00 bits per heavy atom. The zero-order valence-corrected chi connectivity index (χ0v) is 19.7. The molecule has 3 fully saturated rings. The van der Waals surface area contributed by atoms with Gasteiger partial charge in [-0.25, -0.2) is 0 Å². The molecule has 2 nitrogen and oxygen atoms in total. The summed E-state index contributed by atoms with van der Waals surface area (Å²) in [5.74, 6) is 3.91. The van der Waals surface area contributed by atoms with Gasteiger partial charge in [-0.15, -0.1) is 0 Å². The molecule has 9 atom stereocenters. The summed E-state index contributed by atoms with van der Waals surface area (Å²) in [6.07, 6.45) is 14.2. The van der Waals surface area contributed by atoms with E-state index in [1.54, 1.807) is 5.57 Å². The monoisotopic (exact) mass is 402 g/mol. The topological polar surface area (TPSA) is 40.5 Å². The van der Waals surface area contributed by atoms with E-state index in [0.29, 0.717) is 29.1 Å². The summed E-state index contributed by atoms with van der Waals surface area (Å²) < 4.78 is 0. The van der Waals surface area contributed by atoms with E-state index in [4.69, 9.17) is 0 Å². The molecule has 0 spiro atoms. The Bertz CT molecular complexity index is 624. The van der Waals surface area contributed by atoms with Crippen molar-refractivity contribution < 1.29 is 10.2 Å². The molecular weight excluding hydrogens is 356 g/mol. The summed E-state index contributed by atoms with van der Waals surface area (Å²) in [4.78, 5) is 0. The van der Waals surface area contributed by atoms with Gasteiger partial charge in [-0.1, -0.05) is 65.5 Å². The minimum absolute atomic E-state index is 0.0675. The molecule has 0 heterocycles. The second-order valence-corrected chi connectivity index (χ2v) is 12.3. The fraction of sp³-hybridized carbons (Fsp3) is 0.926. The molecule has 3 unspecified atom stereocenters. The van der Waals surface area contributed by atoms with Gasteiger partial charge in [-0.05, 0) is 85.4 Å². The molecule has 0 aromatic heterocycles. The molecule has 2 heteroatoms. The summed E-state index contributed by atoms with van der Waals surface area (Å²) in [5, 5.41) is 21.4. The van der Waals surface area contributed by atoms with Gasteiger partial charge in [0.15, 0.2) is 0 Å². The van der Waals surface area contributed by atoms with Crippen molar-refractivity contribution in [2.24, 2.45) is 46.3 Å². The minimum Gasteiger partial charge on any atom is -0.393 e. The van der Waals surface area contributed by atoms with Gasteiger partial charge in [0, 0.05) is 5.92 Å². The van der Waals surface area contributed by atoms with E-state index in [1.165, 1.54) is 51.4 Å². The second-order valence-electron chi connectivity index (χ2n) is 12.3. The lowest BCUT2D eigenvalue weighted by Crippen LogP contribution is -2.52. The summed E-state index contributed by atoms with van der Waals surface area (Å²) in [5.41, 5.74) is 2.23. The van der Waals surface area contributed by atoms with Crippen LogP contribution < -0.4 is 0 Å². The normalized spacial score (nSPS) is 47.9. The molecule has 0 saturated heterocycles. The van der Waals surface area contributed by atoms with Crippen LogP contribution in [0.4, 0.5) is 0 Å². The second kappa shape index (κ2) is 7.97. The maximum absolute atomic E-state index is 11.2. The quantitative estimate of drug-likeness (QED) is 0.525. The van der Waals surface area contributed by atoms with Gasteiger partial charge >= 0.3 is 0 Å². The highest BCUT2D eigenvalue weighted by molar-refractivity contribution is 5.32. The van der Waals surface area contributed by atoms with E-state index >= 15 is 0 Å². The van der Waals surface area contributed by atoms with Crippen LogP contribution >= 0.6 is 0 Å². The van der Waals surface area contributed by atoms with Crippen LogP contribution in [-0.2, 0) is 0 Å². The number of fused-ring (bicyclic) bond motifs is 5. The number of hydrogen-bond acceptors (Lipinski definition) is 2. The van der Waals surface area contributed by atoms with Crippen molar-refractivity contribution in [1.82, 2.24) is 0 Å². The first-order valence-corrected chi connectivity index (χ1v) is 12.7. The summed E-state index contributed by atoms with van der Waals surface area (Å²) in [7, 11) is 0. The van der Waals surface area contributed by atoms with Gasteiger partial charge in [-0.3, -0.25) is 0 Å². The van der Waals surface area contributed by atoms with Crippen molar-refractivity contribution in [2.75, 3.05) is 0 Å². The molecule has 0 radical (unpaired) electrons. The first-order chi connectivity index (χ1) is 13.7. The van der Waals surface area contributed by atoms with Gasteiger partial charge in [-0.2, -0.15) is 0 Å². The minimum atomic E-state index is -0.249. The van der Waals surface area contributed by atoms with E-state index in [2.05, 4.69) is 40.7 Å². The zero-order valence-electron chi connectivity index (χ0n) is 19.7. The Morgan fingerprint density at radius 2 is 1.76 bits per heavy atom. The Hall–Kier alpha value is -0.340. The fourth-order valence-electron chi connectivity index (χ4n) is 8.63. The van der Waals surface area contributed by atoms with Crippen molar-refractivity contribution >= 4 is 0 Å². The number of hydrogen-bond donors (Lipinski definition) is 2. The van der Waals surface area contributed by atoms with Crippen LogP contribution in [0.2, 0.25) is 0 Å². The van der Waals surface area contributed by atoms with Crippen LogP contribution in [0.3, 0.4) is 0 Å². The third-order valence-electron chi connectivity index (χ3n) is 10.2. The predicted molar refractivity (Wildman–Crippen MR) is 120 cm³/mol. The molecule has 2 N–H and O–H groups in total. The first-order valence-electron chi connectivity index (χ1n) is 12.7. The highest BCUT2D eigenvalue weighted by Crippen LogP contribution is 2.66. The first kappa shape index (κ1) is 21.9. The smallest absolute Gasteiger partial charge is 0.0762 e. The molecule has 166 valence electrons. The fourth-order valence-corrected chi connectivity index (χ4v) is 8.63. The van der Waals surface area contributed by atoms with E-state index in [9.17, 15) is 10.2 Å². The van der Waals surface area contributed by atoms with Crippen LogP contribution in [0.15, 0.2) is 11.6 Å². The number of allylic oxidation sites excluding steroid dienone is 1. The standard InChI is InChI=1S/C27H46O2/c1-17(2)7-6-8-18(3)25-24(29)16-23-21-10-9-19-15-20(28)11-13-26(19,4)22(21)12-14-27(23,25)5/h16-22,24-25,28-29H,6-15H2,1-5H3/t18?,19-,20-,21?,22?,24+,25-,26-,27-/m0/s1.